The smallest absolute Gasteiger partial charge is 0.265 e. The van der Waals surface area contributed by atoms with Gasteiger partial charge in [0, 0.05) is 38.4 Å². The summed E-state index contributed by atoms with van der Waals surface area (Å²) in [5.74, 6) is -0.200. The van der Waals surface area contributed by atoms with E-state index in [0.29, 0.717) is 41.9 Å². The molecule has 3 aromatic rings. The van der Waals surface area contributed by atoms with E-state index in [-0.39, 0.29) is 41.8 Å². The van der Waals surface area contributed by atoms with Crippen molar-refractivity contribution < 1.29 is 27.5 Å². The number of fused-ring (bicyclic) bond motifs is 1. The van der Waals surface area contributed by atoms with E-state index in [9.17, 15) is 18.0 Å². The molecule has 2 heterocycles. The van der Waals surface area contributed by atoms with Crippen molar-refractivity contribution in [2.24, 2.45) is 0 Å². The summed E-state index contributed by atoms with van der Waals surface area (Å²) in [6, 6.07) is 17.9. The van der Waals surface area contributed by atoms with Crippen LogP contribution in [-0.2, 0) is 24.3 Å². The Morgan fingerprint density at radius 1 is 1.00 bits per heavy atom. The molecule has 2 amide bonds. The summed E-state index contributed by atoms with van der Waals surface area (Å²) < 4.78 is 37.4. The number of hydrogen-bond donors (Lipinski definition) is 1. The number of anilines is 2. The monoisotopic (exact) mass is 660 g/mol. The number of ether oxygens (including phenoxy) is 2. The largest absolute Gasteiger partial charge is 0.482 e. The molecule has 0 aliphatic carbocycles. The molecule has 2 aliphatic heterocycles. The third kappa shape index (κ3) is 7.47. The van der Waals surface area contributed by atoms with Crippen LogP contribution in [0.1, 0.15) is 18.5 Å². The number of rotatable bonds is 10. The SMILES string of the molecule is CCS(=O)(=O)Nc1ccc(-c2ccc(C(CN3CCOCC3)N(C)C(=O)CN3C(=O)COc4cc(Cl)c(Cl)cc43)cc2)cc1. The first-order valence-electron chi connectivity index (χ1n) is 14.2. The molecule has 234 valence electrons. The highest BCUT2D eigenvalue weighted by Crippen LogP contribution is 2.39. The molecule has 5 rings (SSSR count). The number of morpholine rings is 1. The Hall–Kier alpha value is -3.35. The number of sulfonamides is 1. The highest BCUT2D eigenvalue weighted by molar-refractivity contribution is 7.92. The van der Waals surface area contributed by atoms with Gasteiger partial charge in [-0.1, -0.05) is 59.6 Å². The van der Waals surface area contributed by atoms with Crippen molar-refractivity contribution in [2.75, 3.05) is 68.4 Å². The van der Waals surface area contributed by atoms with Gasteiger partial charge in [0.05, 0.1) is 40.7 Å². The number of carbonyl (C=O) groups excluding carboxylic acids is 2. The van der Waals surface area contributed by atoms with E-state index in [0.717, 1.165) is 29.8 Å². The van der Waals surface area contributed by atoms with Gasteiger partial charge in [-0.2, -0.15) is 0 Å². The normalized spacial score (nSPS) is 16.2. The predicted octanol–water partition coefficient (Wildman–Crippen LogP) is 4.68. The average Bonchev–Trinajstić information content (AvgIpc) is 3.02. The minimum absolute atomic E-state index is 0.00193. The van der Waals surface area contributed by atoms with Crippen LogP contribution in [0.3, 0.4) is 0 Å². The Morgan fingerprint density at radius 2 is 1.61 bits per heavy atom. The lowest BCUT2D eigenvalue weighted by molar-refractivity contribution is -0.133. The van der Waals surface area contributed by atoms with Crippen molar-refractivity contribution in [3.8, 4) is 16.9 Å². The molecule has 13 heteroatoms. The van der Waals surface area contributed by atoms with Gasteiger partial charge < -0.3 is 14.4 Å². The summed E-state index contributed by atoms with van der Waals surface area (Å²) in [4.78, 5) is 31.9. The second kappa shape index (κ2) is 13.7. The first-order valence-corrected chi connectivity index (χ1v) is 16.6. The standard InChI is InChI=1S/C31H34Cl2N4O6S/c1-3-44(40,41)34-24-10-8-22(9-11-24)21-4-6-23(7-5-21)28(18-36-12-14-42-15-13-36)35(2)30(38)19-37-27-16-25(32)26(33)17-29(27)43-20-31(37)39/h4-11,16-17,28,34H,3,12-15,18-20H2,1-2H3. The maximum Gasteiger partial charge on any atom is 0.265 e. The van der Waals surface area contributed by atoms with Crippen molar-refractivity contribution >= 4 is 56.4 Å². The topological polar surface area (TPSA) is 108 Å². The van der Waals surface area contributed by atoms with E-state index < -0.39 is 10.0 Å². The van der Waals surface area contributed by atoms with Crippen molar-refractivity contribution in [1.29, 1.82) is 0 Å². The summed E-state index contributed by atoms with van der Waals surface area (Å²) in [6.07, 6.45) is 0. The first kappa shape index (κ1) is 32.1. The summed E-state index contributed by atoms with van der Waals surface area (Å²) in [6.45, 7) is 4.53. The predicted molar refractivity (Wildman–Crippen MR) is 172 cm³/mol. The number of halogens is 2. The van der Waals surface area contributed by atoms with Gasteiger partial charge in [0.25, 0.3) is 5.91 Å². The van der Waals surface area contributed by atoms with Gasteiger partial charge in [0.2, 0.25) is 15.9 Å². The number of benzene rings is 3. The van der Waals surface area contributed by atoms with Crippen molar-refractivity contribution in [2.45, 2.75) is 13.0 Å². The third-order valence-electron chi connectivity index (χ3n) is 7.80. The Labute approximate surface area is 267 Å². The second-order valence-electron chi connectivity index (χ2n) is 10.6. The van der Waals surface area contributed by atoms with Crippen molar-refractivity contribution in [1.82, 2.24) is 9.80 Å². The summed E-state index contributed by atoms with van der Waals surface area (Å²) >= 11 is 12.4. The molecule has 0 spiro atoms. The Balaban J connectivity index is 1.36. The number of amides is 2. The van der Waals surface area contributed by atoms with Crippen LogP contribution in [0.25, 0.3) is 11.1 Å². The molecule has 1 N–H and O–H groups in total. The maximum atomic E-state index is 13.8. The number of nitrogens with one attached hydrogen (secondary N) is 1. The molecule has 3 aromatic carbocycles. The van der Waals surface area contributed by atoms with Crippen LogP contribution < -0.4 is 14.4 Å². The Bertz CT molecular complexity index is 1610. The minimum Gasteiger partial charge on any atom is -0.482 e. The fraction of sp³-hybridized carbons (Fsp3) is 0.355. The highest BCUT2D eigenvalue weighted by atomic mass is 35.5. The number of carbonyl (C=O) groups is 2. The van der Waals surface area contributed by atoms with E-state index >= 15 is 0 Å². The second-order valence-corrected chi connectivity index (χ2v) is 13.5. The lowest BCUT2D eigenvalue weighted by Gasteiger charge is -2.37. The van der Waals surface area contributed by atoms with Gasteiger partial charge in [0.1, 0.15) is 12.3 Å². The molecule has 44 heavy (non-hydrogen) atoms. The van der Waals surface area contributed by atoms with Crippen LogP contribution in [0.5, 0.6) is 5.75 Å². The zero-order chi connectivity index (χ0) is 31.4. The molecule has 0 saturated carbocycles. The fourth-order valence-electron chi connectivity index (χ4n) is 5.15. The summed E-state index contributed by atoms with van der Waals surface area (Å²) in [5.41, 5.74) is 3.72. The lowest BCUT2D eigenvalue weighted by atomic mass is 9.99. The average molecular weight is 662 g/mol. The van der Waals surface area contributed by atoms with Crippen LogP contribution >= 0.6 is 23.2 Å². The molecule has 0 bridgehead atoms. The summed E-state index contributed by atoms with van der Waals surface area (Å²) in [7, 11) is -1.61. The van der Waals surface area contributed by atoms with Crippen molar-refractivity contribution in [3.63, 3.8) is 0 Å². The molecular formula is C31H34Cl2N4O6S. The van der Waals surface area contributed by atoms with Crippen LogP contribution in [0.4, 0.5) is 11.4 Å². The minimum atomic E-state index is -3.36. The molecule has 1 atom stereocenters. The Kier molecular flexibility index (Phi) is 10.0. The number of nitrogens with zero attached hydrogens (tertiary/aromatic N) is 3. The highest BCUT2D eigenvalue weighted by Gasteiger charge is 2.32. The van der Waals surface area contributed by atoms with Crippen LogP contribution in [-0.4, -0.2) is 88.8 Å². The zero-order valence-electron chi connectivity index (χ0n) is 24.5. The third-order valence-corrected chi connectivity index (χ3v) is 9.83. The molecule has 1 fully saturated rings. The van der Waals surface area contributed by atoms with Gasteiger partial charge in [-0.15, -0.1) is 0 Å². The van der Waals surface area contributed by atoms with Gasteiger partial charge >= 0.3 is 0 Å². The molecule has 1 saturated heterocycles. The van der Waals surface area contributed by atoms with E-state index in [1.165, 1.54) is 4.90 Å². The van der Waals surface area contributed by atoms with Crippen LogP contribution in [0.2, 0.25) is 10.0 Å². The van der Waals surface area contributed by atoms with E-state index in [1.807, 2.05) is 36.4 Å². The molecular weight excluding hydrogens is 627 g/mol. The van der Waals surface area contributed by atoms with Gasteiger partial charge in [-0.05, 0) is 41.8 Å². The van der Waals surface area contributed by atoms with Gasteiger partial charge in [-0.3, -0.25) is 24.1 Å². The molecule has 1 unspecified atom stereocenters. The van der Waals surface area contributed by atoms with Crippen LogP contribution in [0.15, 0.2) is 60.7 Å². The zero-order valence-corrected chi connectivity index (χ0v) is 26.8. The molecule has 2 aliphatic rings. The maximum absolute atomic E-state index is 13.8. The van der Waals surface area contributed by atoms with E-state index in [4.69, 9.17) is 32.7 Å². The van der Waals surface area contributed by atoms with E-state index in [1.54, 1.807) is 43.1 Å². The van der Waals surface area contributed by atoms with Gasteiger partial charge in [-0.25, -0.2) is 8.42 Å². The molecule has 0 aromatic heterocycles. The fourth-order valence-corrected chi connectivity index (χ4v) is 6.10. The first-order chi connectivity index (χ1) is 21.0. The quantitative estimate of drug-likeness (QED) is 0.336. The molecule has 10 nitrogen and oxygen atoms in total. The lowest BCUT2D eigenvalue weighted by Crippen LogP contribution is -2.48. The number of hydrogen-bond acceptors (Lipinski definition) is 7. The number of likely N-dealkylation sites (N-methyl/N-ethyl adjacent to an activating group) is 1. The van der Waals surface area contributed by atoms with Crippen LogP contribution in [0, 0.1) is 0 Å². The van der Waals surface area contributed by atoms with Crippen molar-refractivity contribution in [3.05, 3.63) is 76.3 Å². The summed E-state index contributed by atoms with van der Waals surface area (Å²) in [5, 5.41) is 0.561. The Morgan fingerprint density at radius 3 is 2.25 bits per heavy atom. The van der Waals surface area contributed by atoms with Gasteiger partial charge in [0.15, 0.2) is 6.61 Å². The van der Waals surface area contributed by atoms with E-state index in [2.05, 4.69) is 9.62 Å². The molecule has 0 radical (unpaired) electrons.